The molecule has 1 aliphatic heterocycles. The molecule has 1 aliphatic rings. The number of hydrogen-bond acceptors (Lipinski definition) is 2. The predicted molar refractivity (Wildman–Crippen MR) is 75.0 cm³/mol. The van der Waals surface area contributed by atoms with Gasteiger partial charge in [-0.25, -0.2) is 4.39 Å². The molecule has 3 rings (SSSR count). The first-order valence-corrected chi connectivity index (χ1v) is 6.41. The van der Waals surface area contributed by atoms with Gasteiger partial charge in [0.25, 0.3) is 0 Å². The minimum Gasteiger partial charge on any atom is -0.324 e. The van der Waals surface area contributed by atoms with Crippen LogP contribution in [-0.2, 0) is 0 Å². The van der Waals surface area contributed by atoms with Crippen LogP contribution in [0.15, 0.2) is 47.5 Å². The summed E-state index contributed by atoms with van der Waals surface area (Å²) in [5.74, 6) is -0.265. The molecule has 4 heteroatoms. The molecule has 0 radical (unpaired) electrons. The quantitative estimate of drug-likeness (QED) is 0.781. The fraction of sp³-hybridized carbons (Fsp3) is 0.133. The van der Waals surface area contributed by atoms with Gasteiger partial charge < -0.3 is 4.90 Å². The fourth-order valence-corrected chi connectivity index (χ4v) is 2.43. The first kappa shape index (κ1) is 12.2. The smallest absolute Gasteiger partial charge is 0.124 e. The molecule has 1 atom stereocenters. The van der Waals surface area contributed by atoms with Gasteiger partial charge in [0.1, 0.15) is 12.0 Å². The van der Waals surface area contributed by atoms with Crippen LogP contribution in [0.4, 0.5) is 10.1 Å². The Kier molecular flexibility index (Phi) is 2.99. The van der Waals surface area contributed by atoms with Gasteiger partial charge in [0, 0.05) is 11.4 Å². The summed E-state index contributed by atoms with van der Waals surface area (Å²) in [6.45, 7) is 1.98. The molecular formula is C15H12ClFN2. The van der Waals surface area contributed by atoms with Crippen molar-refractivity contribution >= 4 is 23.5 Å². The predicted octanol–water partition coefficient (Wildman–Crippen LogP) is 2.70. The monoisotopic (exact) mass is 274 g/mol. The number of fused-ring (bicyclic) bond motifs is 1. The van der Waals surface area contributed by atoms with E-state index in [1.165, 1.54) is 12.1 Å². The van der Waals surface area contributed by atoms with Gasteiger partial charge in [-0.1, -0.05) is 23.7 Å². The summed E-state index contributed by atoms with van der Waals surface area (Å²) in [6.07, 6.45) is 1.81. The van der Waals surface area contributed by atoms with E-state index in [9.17, 15) is 4.39 Å². The first-order valence-electron chi connectivity index (χ1n) is 6.03. The maximum Gasteiger partial charge on any atom is 0.124 e. The van der Waals surface area contributed by atoms with Gasteiger partial charge >= 0.3 is 0 Å². The molecule has 2 nitrogen and oxygen atoms in total. The van der Waals surface area contributed by atoms with Gasteiger partial charge in [-0.3, -0.25) is 4.99 Å². The fourth-order valence-electron chi connectivity index (χ4n) is 2.20. The van der Waals surface area contributed by atoms with Crippen molar-refractivity contribution in [1.82, 2.24) is 0 Å². The van der Waals surface area contributed by atoms with Crippen LogP contribution in [0.25, 0.3) is 6.20 Å². The lowest BCUT2D eigenvalue weighted by atomic mass is 10.2. The van der Waals surface area contributed by atoms with Gasteiger partial charge in [-0.15, -0.1) is 0 Å². The lowest BCUT2D eigenvalue weighted by molar-refractivity contribution is 0.623. The Morgan fingerprint density at radius 3 is 2.79 bits per heavy atom. The van der Waals surface area contributed by atoms with Crippen molar-refractivity contribution in [3.05, 3.63) is 63.9 Å². The molecule has 19 heavy (non-hydrogen) atoms. The Morgan fingerprint density at radius 2 is 2.00 bits per heavy atom. The zero-order valence-electron chi connectivity index (χ0n) is 10.3. The van der Waals surface area contributed by atoms with E-state index >= 15 is 0 Å². The highest BCUT2D eigenvalue weighted by molar-refractivity contribution is 6.33. The molecule has 96 valence electrons. The van der Waals surface area contributed by atoms with Crippen molar-refractivity contribution in [2.24, 2.45) is 4.99 Å². The molecule has 2 aromatic carbocycles. The molecule has 2 aromatic rings. The van der Waals surface area contributed by atoms with Crippen molar-refractivity contribution < 1.29 is 4.39 Å². The third kappa shape index (κ3) is 2.22. The number of hydrogen-bond donors (Lipinski definition) is 0. The largest absolute Gasteiger partial charge is 0.324 e. The Bertz CT molecular complexity index is 742. The lowest BCUT2D eigenvalue weighted by Gasteiger charge is -2.28. The molecular weight excluding hydrogens is 263 g/mol. The van der Waals surface area contributed by atoms with E-state index in [4.69, 9.17) is 11.6 Å². The number of rotatable bonds is 1. The summed E-state index contributed by atoms with van der Waals surface area (Å²) < 4.78 is 13.3. The van der Waals surface area contributed by atoms with E-state index in [1.54, 1.807) is 6.07 Å². The molecule has 1 unspecified atom stereocenters. The molecule has 1 heterocycles. The van der Waals surface area contributed by atoms with Crippen molar-refractivity contribution in [2.45, 2.75) is 13.1 Å². The normalized spacial score (nSPS) is 17.4. The molecule has 0 fully saturated rings. The zero-order chi connectivity index (χ0) is 13.4. The molecule has 0 amide bonds. The average Bonchev–Trinajstić information content (AvgIpc) is 2.39. The van der Waals surface area contributed by atoms with Crippen LogP contribution in [0.2, 0.25) is 5.02 Å². The molecule has 0 saturated heterocycles. The van der Waals surface area contributed by atoms with E-state index < -0.39 is 0 Å². The summed E-state index contributed by atoms with van der Waals surface area (Å²) in [7, 11) is 0. The maximum absolute atomic E-state index is 13.3. The SMILES string of the molecule is CC1N=c2ccc(F)cc2=CN1c1ccccc1Cl. The number of anilines is 1. The Labute approximate surface area is 115 Å². The number of nitrogens with zero attached hydrogens (tertiary/aromatic N) is 2. The van der Waals surface area contributed by atoms with Gasteiger partial charge in [-0.05, 0) is 37.3 Å². The van der Waals surface area contributed by atoms with Crippen LogP contribution in [0.5, 0.6) is 0 Å². The van der Waals surface area contributed by atoms with E-state index in [2.05, 4.69) is 4.99 Å². The topological polar surface area (TPSA) is 15.6 Å². The Hall–Kier alpha value is -1.87. The zero-order valence-corrected chi connectivity index (χ0v) is 11.1. The van der Waals surface area contributed by atoms with Crippen molar-refractivity contribution in [3.63, 3.8) is 0 Å². The molecule has 0 aromatic heterocycles. The minimum atomic E-state index is -0.265. The van der Waals surface area contributed by atoms with Crippen molar-refractivity contribution in [1.29, 1.82) is 0 Å². The Morgan fingerprint density at radius 1 is 1.21 bits per heavy atom. The van der Waals surface area contributed by atoms with Crippen LogP contribution >= 0.6 is 11.6 Å². The standard InChI is InChI=1S/C15H12ClFN2/c1-10-18-14-7-6-12(17)8-11(14)9-19(10)15-5-3-2-4-13(15)16/h2-10H,1H3. The summed E-state index contributed by atoms with van der Waals surface area (Å²) in [5.41, 5.74) is 0.871. The van der Waals surface area contributed by atoms with E-state index in [1.807, 2.05) is 42.3 Å². The number of benzene rings is 2. The van der Waals surface area contributed by atoms with Crippen LogP contribution in [0, 0.1) is 5.82 Å². The first-order chi connectivity index (χ1) is 9.15. The minimum absolute atomic E-state index is 0.0714. The van der Waals surface area contributed by atoms with Gasteiger partial charge in [0.15, 0.2) is 0 Å². The molecule has 0 spiro atoms. The summed E-state index contributed by atoms with van der Waals surface area (Å²) >= 11 is 6.20. The highest BCUT2D eigenvalue weighted by atomic mass is 35.5. The number of para-hydroxylation sites is 1. The highest BCUT2D eigenvalue weighted by Gasteiger charge is 2.16. The third-order valence-corrected chi connectivity index (χ3v) is 3.45. The molecule has 0 N–H and O–H groups in total. The summed E-state index contributed by atoms with van der Waals surface area (Å²) in [4.78, 5) is 6.50. The van der Waals surface area contributed by atoms with Gasteiger partial charge in [0.2, 0.25) is 0 Å². The van der Waals surface area contributed by atoms with Crippen molar-refractivity contribution in [2.75, 3.05) is 4.90 Å². The lowest BCUT2D eigenvalue weighted by Crippen LogP contribution is -2.40. The second kappa shape index (κ2) is 4.67. The van der Waals surface area contributed by atoms with Gasteiger partial charge in [0.05, 0.1) is 16.1 Å². The van der Waals surface area contributed by atoms with Crippen LogP contribution in [0.1, 0.15) is 6.92 Å². The van der Waals surface area contributed by atoms with E-state index in [0.717, 1.165) is 16.3 Å². The van der Waals surface area contributed by atoms with E-state index in [0.29, 0.717) is 5.02 Å². The number of halogens is 2. The van der Waals surface area contributed by atoms with E-state index in [-0.39, 0.29) is 12.0 Å². The second-order valence-electron chi connectivity index (χ2n) is 4.45. The van der Waals surface area contributed by atoms with Crippen LogP contribution < -0.4 is 15.5 Å². The van der Waals surface area contributed by atoms with Crippen molar-refractivity contribution in [3.8, 4) is 0 Å². The maximum atomic E-state index is 13.3. The second-order valence-corrected chi connectivity index (χ2v) is 4.86. The molecule has 0 aliphatic carbocycles. The molecule has 0 bridgehead atoms. The van der Waals surface area contributed by atoms with Crippen LogP contribution in [-0.4, -0.2) is 6.17 Å². The Balaban J connectivity index is 2.18. The average molecular weight is 275 g/mol. The summed E-state index contributed by atoms with van der Waals surface area (Å²) in [5, 5.41) is 2.22. The van der Waals surface area contributed by atoms with Gasteiger partial charge in [-0.2, -0.15) is 0 Å². The molecule has 0 saturated carbocycles. The third-order valence-electron chi connectivity index (χ3n) is 3.13. The summed E-state index contributed by atoms with van der Waals surface area (Å²) in [6, 6.07) is 12.2. The van der Waals surface area contributed by atoms with Crippen LogP contribution in [0.3, 0.4) is 0 Å². The highest BCUT2D eigenvalue weighted by Crippen LogP contribution is 2.27.